The van der Waals surface area contributed by atoms with Crippen molar-refractivity contribution < 1.29 is 50.0 Å². The molecule has 0 saturated heterocycles. The van der Waals surface area contributed by atoms with Gasteiger partial charge in [-0.2, -0.15) is 8.42 Å². The highest BCUT2D eigenvalue weighted by molar-refractivity contribution is 7.82. The van der Waals surface area contributed by atoms with Crippen LogP contribution in [-0.2, 0) is 37.1 Å². The highest BCUT2D eigenvalue weighted by Crippen LogP contribution is 2.54. The highest BCUT2D eigenvalue weighted by Gasteiger charge is 2.37. The van der Waals surface area contributed by atoms with Gasteiger partial charge in [0.25, 0.3) is 0 Å². The number of aromatic nitrogens is 2. The number of methoxy groups -OCH3 is 6. The minimum atomic E-state index is -4.77. The molecule has 0 aliphatic carbocycles. The first-order chi connectivity index (χ1) is 32.2. The maximum atomic E-state index is 14.7. The third-order valence-corrected chi connectivity index (χ3v) is 12.6. The van der Waals surface area contributed by atoms with E-state index in [1.807, 2.05) is 91.0 Å². The Morgan fingerprint density at radius 1 is 0.657 bits per heavy atom. The molecule has 2 heterocycles. The largest absolute Gasteiger partial charge is 0.497 e. The predicted octanol–water partition coefficient (Wildman–Crippen LogP) is 11.2. The van der Waals surface area contributed by atoms with E-state index in [-0.39, 0.29) is 11.3 Å². The molecule has 0 spiro atoms. The number of nitrogens with one attached hydrogen (secondary N) is 1. The lowest BCUT2D eigenvalue weighted by Crippen LogP contribution is -2.21. The maximum absolute atomic E-state index is 14.7. The second-order valence-corrected chi connectivity index (χ2v) is 19.0. The van der Waals surface area contributed by atoms with Gasteiger partial charge < -0.3 is 42.2 Å². The van der Waals surface area contributed by atoms with Gasteiger partial charge in [-0.3, -0.25) is 4.79 Å². The predicted molar refractivity (Wildman–Crippen MR) is 261 cm³/mol. The van der Waals surface area contributed by atoms with Crippen LogP contribution >= 0.6 is 34.8 Å². The third-order valence-electron chi connectivity index (χ3n) is 11.5. The molecule has 8 aromatic rings. The van der Waals surface area contributed by atoms with E-state index in [1.54, 1.807) is 53.7 Å². The van der Waals surface area contributed by atoms with Gasteiger partial charge in [0.15, 0.2) is 11.5 Å². The van der Waals surface area contributed by atoms with Crippen molar-refractivity contribution in [3.05, 3.63) is 132 Å². The zero-order chi connectivity index (χ0) is 47.6. The monoisotopic (exact) mass is 986 g/mol. The van der Waals surface area contributed by atoms with Gasteiger partial charge in [-0.05, 0) is 83.3 Å². The van der Waals surface area contributed by atoms with Crippen LogP contribution in [0.4, 0.5) is 0 Å². The number of fused-ring (bicyclic) bond motifs is 5. The number of alkyl halides is 3. The number of carbonyl (C=O) groups excluding carboxylic acids is 1. The van der Waals surface area contributed by atoms with Gasteiger partial charge in [-0.1, -0.05) is 95.5 Å². The molecule has 1 N–H and O–H groups in total. The number of para-hydroxylation sites is 1. The third kappa shape index (κ3) is 9.50. The molecular weight excluding hydrogens is 943 g/mol. The lowest BCUT2D eigenvalue weighted by Gasteiger charge is -2.22. The molecule has 2 aromatic heterocycles. The van der Waals surface area contributed by atoms with E-state index in [9.17, 15) is 13.2 Å². The summed E-state index contributed by atoms with van der Waals surface area (Å²) in [6.07, 6.45) is 0.514. The fraction of sp³-hybridized carbons (Fsp3) is 0.220. The van der Waals surface area contributed by atoms with E-state index in [1.165, 1.54) is 13.2 Å². The van der Waals surface area contributed by atoms with Gasteiger partial charge in [-0.25, -0.2) is 4.18 Å². The molecule has 0 amide bonds. The van der Waals surface area contributed by atoms with Crippen molar-refractivity contribution in [1.29, 1.82) is 0 Å². The van der Waals surface area contributed by atoms with E-state index in [0.29, 0.717) is 91.3 Å². The van der Waals surface area contributed by atoms with Gasteiger partial charge in [0.1, 0.15) is 35.5 Å². The molecule has 67 heavy (non-hydrogen) atoms. The average molecular weight is 988 g/mol. The Balaban J connectivity index is 1.58. The fourth-order valence-electron chi connectivity index (χ4n) is 8.50. The summed E-state index contributed by atoms with van der Waals surface area (Å²) in [6.45, 7) is -0.443. The van der Waals surface area contributed by atoms with Gasteiger partial charge in [0.2, 0.25) is 3.79 Å². The number of carbonyl (C=O) groups is 1. The summed E-state index contributed by atoms with van der Waals surface area (Å²) < 4.78 is 71.7. The molecule has 348 valence electrons. The Hall–Kier alpha value is -6.29. The number of aryl methyl sites for hydroxylation is 2. The van der Waals surface area contributed by atoms with Crippen LogP contribution in [0.2, 0.25) is 0 Å². The Labute approximate surface area is 402 Å². The van der Waals surface area contributed by atoms with E-state index in [4.69, 9.17) is 71.6 Å². The van der Waals surface area contributed by atoms with Gasteiger partial charge in [0, 0.05) is 34.0 Å². The summed E-state index contributed by atoms with van der Waals surface area (Å²) in [5.41, 5.74) is 6.58. The molecule has 1 atom stereocenters. The smallest absolute Gasteiger partial charge is 0.449 e. The molecule has 0 bridgehead atoms. The van der Waals surface area contributed by atoms with Gasteiger partial charge >= 0.3 is 16.4 Å². The Morgan fingerprint density at radius 2 is 1.19 bits per heavy atom. The topological polar surface area (TPSA) is 146 Å². The summed E-state index contributed by atoms with van der Waals surface area (Å²) in [7, 11) is 4.54. The second kappa shape index (κ2) is 19.5. The van der Waals surface area contributed by atoms with Crippen LogP contribution in [0.25, 0.3) is 55.0 Å². The van der Waals surface area contributed by atoms with E-state index in [0.717, 1.165) is 16.7 Å². The zero-order valence-electron chi connectivity index (χ0n) is 37.1. The van der Waals surface area contributed by atoms with Crippen LogP contribution in [0.3, 0.4) is 0 Å². The standard InChI is InChI=1S/C50H45Cl3N2O11S/c1-59-33-18-10-29(11-19-33)26-27-55-46(41(49(56)64-6)32-16-24-36(62-4)25-17-32)39(30-12-20-34(60-2)21-13-30)43-42-37-8-7-9-38(66-67(57,58)65-28-50(51,52)53)44(37)54-45(42)48(63-5)40(47(43)55)31-14-22-35(61-3)23-15-31/h7-25,41,54H,26-28H2,1-6H3. The minimum absolute atomic E-state index is 0.102. The highest BCUT2D eigenvalue weighted by atomic mass is 35.6. The molecule has 0 saturated carbocycles. The van der Waals surface area contributed by atoms with Crippen molar-refractivity contribution in [2.75, 3.05) is 49.3 Å². The zero-order valence-corrected chi connectivity index (χ0v) is 40.2. The number of hydrogen-bond acceptors (Lipinski definition) is 11. The molecule has 0 aliphatic heterocycles. The van der Waals surface area contributed by atoms with E-state index < -0.39 is 32.7 Å². The first-order valence-corrected chi connectivity index (χ1v) is 23.2. The lowest BCUT2D eigenvalue weighted by molar-refractivity contribution is -0.141. The van der Waals surface area contributed by atoms with Crippen molar-refractivity contribution in [2.24, 2.45) is 0 Å². The van der Waals surface area contributed by atoms with Crippen LogP contribution in [-0.4, -0.2) is 77.0 Å². The van der Waals surface area contributed by atoms with Crippen molar-refractivity contribution >= 4 is 83.9 Å². The number of benzene rings is 6. The van der Waals surface area contributed by atoms with E-state index in [2.05, 4.69) is 9.55 Å². The minimum Gasteiger partial charge on any atom is -0.497 e. The van der Waals surface area contributed by atoms with Crippen LogP contribution < -0.4 is 27.9 Å². The fourth-order valence-corrected chi connectivity index (χ4v) is 9.59. The number of H-pyrrole nitrogens is 1. The quantitative estimate of drug-likeness (QED) is 0.0687. The summed E-state index contributed by atoms with van der Waals surface area (Å²) in [4.78, 5) is 18.2. The number of halogens is 3. The summed E-state index contributed by atoms with van der Waals surface area (Å²) in [5, 5.41) is 1.90. The summed E-state index contributed by atoms with van der Waals surface area (Å²) in [5.74, 6) is 1.35. The number of rotatable bonds is 17. The van der Waals surface area contributed by atoms with Crippen molar-refractivity contribution in [1.82, 2.24) is 9.55 Å². The van der Waals surface area contributed by atoms with Crippen LogP contribution in [0, 0.1) is 0 Å². The van der Waals surface area contributed by atoms with Gasteiger partial charge in [-0.15, -0.1) is 0 Å². The first-order valence-electron chi connectivity index (χ1n) is 20.7. The van der Waals surface area contributed by atoms with Gasteiger partial charge in [0.05, 0.1) is 64.8 Å². The molecule has 13 nitrogen and oxygen atoms in total. The number of aromatic amines is 1. The molecule has 6 aromatic carbocycles. The number of ether oxygens (including phenoxy) is 6. The number of nitrogens with zero attached hydrogens (tertiary/aromatic N) is 1. The normalized spacial score (nSPS) is 12.3. The van der Waals surface area contributed by atoms with Crippen LogP contribution in [0.5, 0.6) is 34.5 Å². The van der Waals surface area contributed by atoms with Crippen molar-refractivity contribution in [3.63, 3.8) is 0 Å². The van der Waals surface area contributed by atoms with Crippen LogP contribution in [0.15, 0.2) is 115 Å². The van der Waals surface area contributed by atoms with Crippen molar-refractivity contribution in [3.8, 4) is 56.8 Å². The lowest BCUT2D eigenvalue weighted by atomic mass is 9.88. The molecule has 0 aliphatic rings. The molecule has 0 radical (unpaired) electrons. The average Bonchev–Trinajstić information content (AvgIpc) is 3.89. The molecular formula is C50H45Cl3N2O11S. The Morgan fingerprint density at radius 3 is 1.72 bits per heavy atom. The Bertz CT molecular complexity index is 3180. The van der Waals surface area contributed by atoms with E-state index >= 15 is 0 Å². The molecule has 0 fully saturated rings. The molecule has 1 unspecified atom stereocenters. The first kappa shape index (κ1) is 47.2. The molecule has 17 heteroatoms. The summed E-state index contributed by atoms with van der Waals surface area (Å²) in [6, 6.07) is 35.3. The number of esters is 1. The Kier molecular flexibility index (Phi) is 13.7. The maximum Gasteiger partial charge on any atom is 0.449 e. The van der Waals surface area contributed by atoms with Crippen LogP contribution in [0.1, 0.15) is 22.7 Å². The SMILES string of the molecule is COC(=O)C(c1ccc(OC)cc1)c1c(-c2ccc(OC)cc2)c2c3c([nH]c4c(OS(=O)(=O)OCC(Cl)(Cl)Cl)cccc43)c(OC)c(-c3ccc(OC)cc3)c2n1CCc1ccc(OC)cc1. The molecule has 8 rings (SSSR count). The second-order valence-electron chi connectivity index (χ2n) is 15.3. The summed E-state index contributed by atoms with van der Waals surface area (Å²) >= 11 is 17.5. The number of hydrogen-bond donors (Lipinski definition) is 1. The van der Waals surface area contributed by atoms with Crippen molar-refractivity contribution in [2.45, 2.75) is 22.7 Å².